The number of aromatic nitrogens is 3. The second kappa shape index (κ2) is 20.9. The lowest BCUT2D eigenvalue weighted by Gasteiger charge is -2.11. The van der Waals surface area contributed by atoms with Crippen molar-refractivity contribution in [2.24, 2.45) is 0 Å². The van der Waals surface area contributed by atoms with Gasteiger partial charge in [-0.15, -0.1) is 0 Å². The fraction of sp³-hybridized carbons (Fsp3) is 0.273. The Morgan fingerprint density at radius 1 is 0.452 bits per heavy atom. The summed E-state index contributed by atoms with van der Waals surface area (Å²) < 4.78 is 0. The molecule has 222 valence electrons. The van der Waals surface area contributed by atoms with Crippen LogP contribution in [0, 0.1) is 0 Å². The van der Waals surface area contributed by atoms with Gasteiger partial charge >= 0.3 is 0 Å². The SMILES string of the molecule is CCC(C)=O.CCC(C)=O.CCC(C)=O.c1ccc(Nc2nc(Nc3ccccc3)nc(Nc3ccccc3)n2)cc1. The van der Waals surface area contributed by atoms with Gasteiger partial charge in [0.1, 0.15) is 17.3 Å². The van der Waals surface area contributed by atoms with E-state index < -0.39 is 0 Å². The number of carbonyl (C=O) groups excluding carboxylic acids is 3. The highest BCUT2D eigenvalue weighted by Gasteiger charge is 2.08. The molecule has 1 aromatic heterocycles. The van der Waals surface area contributed by atoms with Crippen molar-refractivity contribution in [2.75, 3.05) is 16.0 Å². The van der Waals surface area contributed by atoms with Gasteiger partial charge in [-0.05, 0) is 57.2 Å². The Morgan fingerprint density at radius 3 is 0.810 bits per heavy atom. The Morgan fingerprint density at radius 2 is 0.643 bits per heavy atom. The van der Waals surface area contributed by atoms with E-state index in [1.54, 1.807) is 20.8 Å². The van der Waals surface area contributed by atoms with Gasteiger partial charge in [-0.2, -0.15) is 15.0 Å². The van der Waals surface area contributed by atoms with Gasteiger partial charge < -0.3 is 30.3 Å². The topological polar surface area (TPSA) is 126 Å². The molecule has 9 heteroatoms. The van der Waals surface area contributed by atoms with Crippen LogP contribution in [0.25, 0.3) is 0 Å². The van der Waals surface area contributed by atoms with Gasteiger partial charge in [-0.1, -0.05) is 75.4 Å². The number of rotatable bonds is 9. The van der Waals surface area contributed by atoms with E-state index in [2.05, 4.69) is 30.9 Å². The van der Waals surface area contributed by atoms with Gasteiger partial charge in [-0.3, -0.25) is 0 Å². The number of Topliss-reactive ketones (excluding diaryl/α,β-unsaturated/α-hetero) is 3. The van der Waals surface area contributed by atoms with E-state index in [1.807, 2.05) is 112 Å². The number of anilines is 6. The highest BCUT2D eigenvalue weighted by molar-refractivity contribution is 5.75. The molecule has 0 saturated carbocycles. The summed E-state index contributed by atoms with van der Waals surface area (Å²) in [7, 11) is 0. The Hall–Kier alpha value is -4.92. The molecule has 0 radical (unpaired) electrons. The van der Waals surface area contributed by atoms with Crippen molar-refractivity contribution in [3.05, 3.63) is 91.0 Å². The molecule has 0 aliphatic rings. The van der Waals surface area contributed by atoms with Crippen molar-refractivity contribution in [3.8, 4) is 0 Å². The summed E-state index contributed by atoms with van der Waals surface area (Å²) in [6.45, 7) is 10.3. The summed E-state index contributed by atoms with van der Waals surface area (Å²) in [6.07, 6.45) is 2.00. The van der Waals surface area contributed by atoms with Gasteiger partial charge in [-0.25, -0.2) is 0 Å². The maximum absolute atomic E-state index is 9.81. The van der Waals surface area contributed by atoms with Crippen LogP contribution in [0.5, 0.6) is 0 Å². The maximum atomic E-state index is 9.81. The Kier molecular flexibility index (Phi) is 17.5. The first-order chi connectivity index (χ1) is 20.2. The van der Waals surface area contributed by atoms with Crippen LogP contribution >= 0.6 is 0 Å². The van der Waals surface area contributed by atoms with Gasteiger partial charge in [0.2, 0.25) is 17.8 Å². The first kappa shape index (κ1) is 35.1. The smallest absolute Gasteiger partial charge is 0.233 e. The molecule has 4 aromatic rings. The largest absolute Gasteiger partial charge is 0.324 e. The zero-order valence-electron chi connectivity index (χ0n) is 25.3. The predicted octanol–water partition coefficient (Wildman–Crippen LogP) is 8.06. The summed E-state index contributed by atoms with van der Waals surface area (Å²) in [5.74, 6) is 2.12. The van der Waals surface area contributed by atoms with Gasteiger partial charge in [0.15, 0.2) is 0 Å². The minimum Gasteiger partial charge on any atom is -0.324 e. The lowest BCUT2D eigenvalue weighted by molar-refractivity contribution is -0.117. The molecular weight excluding hydrogens is 528 g/mol. The molecule has 9 nitrogen and oxygen atoms in total. The van der Waals surface area contributed by atoms with Crippen molar-refractivity contribution in [2.45, 2.75) is 60.8 Å². The van der Waals surface area contributed by atoms with E-state index in [0.717, 1.165) is 17.1 Å². The third kappa shape index (κ3) is 16.9. The zero-order valence-corrected chi connectivity index (χ0v) is 25.3. The molecule has 0 bridgehead atoms. The molecule has 1 heterocycles. The molecule has 4 rings (SSSR count). The fourth-order valence-electron chi connectivity index (χ4n) is 2.50. The molecule has 3 N–H and O–H groups in total. The van der Waals surface area contributed by atoms with Crippen LogP contribution in [-0.4, -0.2) is 32.3 Å². The lowest BCUT2D eigenvalue weighted by atomic mass is 10.3. The molecule has 0 atom stereocenters. The van der Waals surface area contributed by atoms with Crippen molar-refractivity contribution >= 4 is 52.3 Å². The standard InChI is InChI=1S/C21H18N6.3C4H8O/c1-4-10-16(11-5-1)22-19-25-20(23-17-12-6-2-7-13-17)27-21(26-19)24-18-14-8-3-9-15-18;3*1-3-4(2)5/h1-15H,(H3,22,23,24,25,26,27);3*3H2,1-2H3. The number of benzene rings is 3. The number of para-hydroxylation sites is 3. The van der Waals surface area contributed by atoms with E-state index in [4.69, 9.17) is 0 Å². The van der Waals surface area contributed by atoms with Crippen LogP contribution in [-0.2, 0) is 14.4 Å². The molecule has 0 saturated heterocycles. The summed E-state index contributed by atoms with van der Waals surface area (Å²) >= 11 is 0. The first-order valence-electron chi connectivity index (χ1n) is 13.9. The monoisotopic (exact) mass is 570 g/mol. The first-order valence-corrected chi connectivity index (χ1v) is 13.9. The van der Waals surface area contributed by atoms with Gasteiger partial charge in [0, 0.05) is 36.3 Å². The minimum atomic E-state index is 0.255. The van der Waals surface area contributed by atoms with Crippen LogP contribution in [0.2, 0.25) is 0 Å². The van der Waals surface area contributed by atoms with Crippen molar-refractivity contribution in [1.29, 1.82) is 0 Å². The molecule has 0 spiro atoms. The highest BCUT2D eigenvalue weighted by Crippen LogP contribution is 2.20. The van der Waals surface area contributed by atoms with E-state index in [-0.39, 0.29) is 17.3 Å². The van der Waals surface area contributed by atoms with Crippen LogP contribution in [0.4, 0.5) is 34.9 Å². The zero-order chi connectivity index (χ0) is 31.2. The Labute approximate surface area is 249 Å². The van der Waals surface area contributed by atoms with Gasteiger partial charge in [0.25, 0.3) is 0 Å². The second-order valence-corrected chi connectivity index (χ2v) is 8.95. The van der Waals surface area contributed by atoms with Crippen molar-refractivity contribution < 1.29 is 14.4 Å². The summed E-state index contributed by atoms with van der Waals surface area (Å²) in [4.78, 5) is 42.9. The molecule has 0 aliphatic heterocycles. The quantitative estimate of drug-likeness (QED) is 0.183. The molecule has 0 amide bonds. The molecule has 0 aliphatic carbocycles. The second-order valence-electron chi connectivity index (χ2n) is 8.95. The summed E-state index contributed by atoms with van der Waals surface area (Å²) in [5.41, 5.74) is 2.71. The van der Waals surface area contributed by atoms with E-state index >= 15 is 0 Å². The summed E-state index contributed by atoms with van der Waals surface area (Å²) in [5, 5.41) is 9.64. The third-order valence-electron chi connectivity index (χ3n) is 5.22. The number of carbonyl (C=O) groups is 3. The summed E-state index contributed by atoms with van der Waals surface area (Å²) in [6, 6.07) is 29.4. The Bertz CT molecular complexity index is 1160. The molecule has 0 fully saturated rings. The van der Waals surface area contributed by atoms with E-state index in [9.17, 15) is 14.4 Å². The van der Waals surface area contributed by atoms with Crippen LogP contribution in [0.15, 0.2) is 91.0 Å². The minimum absolute atomic E-state index is 0.255. The fourth-order valence-corrected chi connectivity index (χ4v) is 2.50. The Balaban J connectivity index is 0.000000488. The number of hydrogen-bond donors (Lipinski definition) is 3. The number of hydrogen-bond acceptors (Lipinski definition) is 9. The average Bonchev–Trinajstić information content (AvgIpc) is 2.99. The lowest BCUT2D eigenvalue weighted by Crippen LogP contribution is -2.07. The predicted molar refractivity (Wildman–Crippen MR) is 172 cm³/mol. The molecule has 0 unspecified atom stereocenters. The van der Waals surface area contributed by atoms with Crippen LogP contribution < -0.4 is 16.0 Å². The van der Waals surface area contributed by atoms with Crippen molar-refractivity contribution in [1.82, 2.24) is 15.0 Å². The number of ketones is 3. The van der Waals surface area contributed by atoms with E-state index in [1.165, 1.54) is 0 Å². The number of nitrogens with one attached hydrogen (secondary N) is 3. The average molecular weight is 571 g/mol. The maximum Gasteiger partial charge on any atom is 0.233 e. The third-order valence-corrected chi connectivity index (χ3v) is 5.22. The molecule has 42 heavy (non-hydrogen) atoms. The van der Waals surface area contributed by atoms with Crippen molar-refractivity contribution in [3.63, 3.8) is 0 Å². The van der Waals surface area contributed by atoms with E-state index in [0.29, 0.717) is 37.1 Å². The molecular formula is C33H42N6O3. The molecule has 3 aromatic carbocycles. The normalized spacial score (nSPS) is 9.29. The van der Waals surface area contributed by atoms with Crippen LogP contribution in [0.3, 0.4) is 0 Å². The van der Waals surface area contributed by atoms with Gasteiger partial charge in [0.05, 0.1) is 0 Å². The number of nitrogens with zero attached hydrogens (tertiary/aromatic N) is 3. The van der Waals surface area contributed by atoms with Crippen LogP contribution in [0.1, 0.15) is 60.8 Å². The highest BCUT2D eigenvalue weighted by atomic mass is 16.1.